The molecule has 29 heavy (non-hydrogen) atoms. The first-order chi connectivity index (χ1) is 14.0. The van der Waals surface area contributed by atoms with Gasteiger partial charge in [-0.05, 0) is 17.7 Å². The normalized spacial score (nSPS) is 14.3. The summed E-state index contributed by atoms with van der Waals surface area (Å²) in [5.41, 5.74) is 0.0926. The minimum absolute atomic E-state index is 0.0226. The number of nitrogens with zero attached hydrogens (tertiary/aromatic N) is 3. The van der Waals surface area contributed by atoms with E-state index in [4.69, 9.17) is 20.8 Å². The molecule has 0 radical (unpaired) electrons. The molecule has 1 fully saturated rings. The van der Waals surface area contributed by atoms with Crippen molar-refractivity contribution in [2.24, 2.45) is 0 Å². The maximum Gasteiger partial charge on any atom is 0.321 e. The van der Waals surface area contributed by atoms with Gasteiger partial charge in [-0.25, -0.2) is 18.6 Å². The summed E-state index contributed by atoms with van der Waals surface area (Å²) in [5.74, 6) is -1.84. The molecule has 1 aliphatic heterocycles. The average Bonchev–Trinajstić information content (AvgIpc) is 3.06. The van der Waals surface area contributed by atoms with Crippen LogP contribution in [0.15, 0.2) is 22.6 Å². The molecular weight excluding hydrogens is 408 g/mol. The zero-order valence-electron chi connectivity index (χ0n) is 15.3. The zero-order chi connectivity index (χ0) is 20.5. The molecule has 2 N–H and O–H groups in total. The molecule has 4 rings (SSSR count). The SMILES string of the molecule is COc1nc2oc(Cl)cc2nc1-c1c(F)cc(F)cc1NC(=O)N1CCNCC1. The van der Waals surface area contributed by atoms with Crippen molar-refractivity contribution in [3.05, 3.63) is 35.1 Å². The number of nitrogens with one attached hydrogen (secondary N) is 2. The number of piperazine rings is 1. The van der Waals surface area contributed by atoms with Gasteiger partial charge in [-0.1, -0.05) is 0 Å². The van der Waals surface area contributed by atoms with E-state index < -0.39 is 17.7 Å². The van der Waals surface area contributed by atoms with Crippen LogP contribution in [0.4, 0.5) is 19.3 Å². The number of anilines is 1. The van der Waals surface area contributed by atoms with Crippen LogP contribution in [0.5, 0.6) is 5.88 Å². The number of amides is 2. The summed E-state index contributed by atoms with van der Waals surface area (Å²) in [5, 5.41) is 5.75. The van der Waals surface area contributed by atoms with Crippen LogP contribution in [-0.4, -0.2) is 54.2 Å². The fourth-order valence-electron chi connectivity index (χ4n) is 3.10. The van der Waals surface area contributed by atoms with Crippen molar-refractivity contribution in [2.75, 3.05) is 38.6 Å². The third kappa shape index (κ3) is 3.81. The van der Waals surface area contributed by atoms with Gasteiger partial charge in [0.25, 0.3) is 0 Å². The lowest BCUT2D eigenvalue weighted by atomic mass is 10.1. The predicted octanol–water partition coefficient (Wildman–Crippen LogP) is 3.27. The number of benzene rings is 1. The van der Waals surface area contributed by atoms with E-state index >= 15 is 0 Å². The second-order valence-corrected chi connectivity index (χ2v) is 6.67. The molecule has 0 saturated carbocycles. The first-order valence-corrected chi connectivity index (χ1v) is 9.11. The van der Waals surface area contributed by atoms with Crippen LogP contribution >= 0.6 is 11.6 Å². The molecule has 0 spiro atoms. The minimum Gasteiger partial charge on any atom is -0.479 e. The van der Waals surface area contributed by atoms with E-state index in [0.717, 1.165) is 6.07 Å². The van der Waals surface area contributed by atoms with E-state index in [1.165, 1.54) is 13.2 Å². The second kappa shape index (κ2) is 7.80. The van der Waals surface area contributed by atoms with Crippen LogP contribution in [0.1, 0.15) is 0 Å². The Morgan fingerprint density at radius 2 is 2.03 bits per heavy atom. The summed E-state index contributed by atoms with van der Waals surface area (Å²) in [4.78, 5) is 22.6. The second-order valence-electron chi connectivity index (χ2n) is 6.30. The molecule has 1 saturated heterocycles. The molecule has 2 amide bonds. The number of carbonyl (C=O) groups is 1. The summed E-state index contributed by atoms with van der Waals surface area (Å²) in [6.45, 7) is 2.22. The summed E-state index contributed by atoms with van der Waals surface area (Å²) in [6, 6.07) is 2.65. The third-order valence-electron chi connectivity index (χ3n) is 4.43. The van der Waals surface area contributed by atoms with E-state index in [1.54, 1.807) is 4.90 Å². The van der Waals surface area contributed by atoms with Crippen LogP contribution in [0.2, 0.25) is 5.22 Å². The van der Waals surface area contributed by atoms with Crippen LogP contribution < -0.4 is 15.4 Å². The standard InChI is InChI=1S/C18H16ClF2N5O3/c1-28-17-15(23-12-8-13(19)29-16(12)25-17)14-10(21)6-9(20)7-11(14)24-18(27)26-4-2-22-3-5-26/h6-8,22H,2-5H2,1H3,(H,24,27). The molecule has 1 aliphatic rings. The summed E-state index contributed by atoms with van der Waals surface area (Å²) in [7, 11) is 1.32. The number of ether oxygens (including phenoxy) is 1. The van der Waals surface area contributed by atoms with Crippen LogP contribution in [-0.2, 0) is 0 Å². The van der Waals surface area contributed by atoms with Gasteiger partial charge < -0.3 is 24.7 Å². The molecule has 1 aromatic carbocycles. The van der Waals surface area contributed by atoms with Crippen molar-refractivity contribution in [2.45, 2.75) is 0 Å². The van der Waals surface area contributed by atoms with Gasteiger partial charge in [0.15, 0.2) is 5.22 Å². The summed E-state index contributed by atoms with van der Waals surface area (Å²) in [6.07, 6.45) is 0. The maximum atomic E-state index is 14.8. The minimum atomic E-state index is -0.929. The Bertz CT molecular complexity index is 1090. The average molecular weight is 424 g/mol. The number of hydrogen-bond donors (Lipinski definition) is 2. The highest BCUT2D eigenvalue weighted by Gasteiger charge is 2.24. The Morgan fingerprint density at radius 1 is 1.28 bits per heavy atom. The molecule has 2 aromatic heterocycles. The van der Waals surface area contributed by atoms with Crippen molar-refractivity contribution in [1.29, 1.82) is 0 Å². The third-order valence-corrected chi connectivity index (χ3v) is 4.62. The predicted molar refractivity (Wildman–Crippen MR) is 102 cm³/mol. The molecule has 3 heterocycles. The number of furan rings is 1. The molecule has 11 heteroatoms. The van der Waals surface area contributed by atoms with E-state index in [2.05, 4.69) is 20.6 Å². The molecule has 8 nitrogen and oxygen atoms in total. The van der Waals surface area contributed by atoms with Crippen LogP contribution in [0.25, 0.3) is 22.5 Å². The van der Waals surface area contributed by atoms with Gasteiger partial charge in [-0.2, -0.15) is 4.98 Å². The van der Waals surface area contributed by atoms with Crippen LogP contribution in [0, 0.1) is 11.6 Å². The molecule has 3 aromatic rings. The molecule has 0 aliphatic carbocycles. The van der Waals surface area contributed by atoms with Crippen molar-refractivity contribution >= 4 is 34.5 Å². The number of halogens is 3. The number of fused-ring (bicyclic) bond motifs is 1. The first-order valence-electron chi connectivity index (χ1n) is 8.73. The van der Waals surface area contributed by atoms with Crippen molar-refractivity contribution in [3.8, 4) is 17.1 Å². The number of methoxy groups -OCH3 is 1. The van der Waals surface area contributed by atoms with E-state index in [0.29, 0.717) is 32.2 Å². The van der Waals surface area contributed by atoms with Gasteiger partial charge in [0.1, 0.15) is 22.8 Å². The van der Waals surface area contributed by atoms with E-state index in [-0.39, 0.29) is 39.3 Å². The van der Waals surface area contributed by atoms with E-state index in [9.17, 15) is 13.6 Å². The smallest absolute Gasteiger partial charge is 0.321 e. The summed E-state index contributed by atoms with van der Waals surface area (Å²) >= 11 is 5.84. The van der Waals surface area contributed by atoms with Gasteiger partial charge in [-0.15, -0.1) is 0 Å². The molecule has 0 bridgehead atoms. The largest absolute Gasteiger partial charge is 0.479 e. The molecule has 152 valence electrons. The van der Waals surface area contributed by atoms with Crippen molar-refractivity contribution in [3.63, 3.8) is 0 Å². The first kappa shape index (κ1) is 19.3. The number of hydrogen-bond acceptors (Lipinski definition) is 6. The van der Waals surface area contributed by atoms with Crippen LogP contribution in [0.3, 0.4) is 0 Å². The van der Waals surface area contributed by atoms with Gasteiger partial charge in [-0.3, -0.25) is 0 Å². The summed E-state index contributed by atoms with van der Waals surface area (Å²) < 4.78 is 39.2. The number of aromatic nitrogens is 2. The Balaban J connectivity index is 1.81. The zero-order valence-corrected chi connectivity index (χ0v) is 16.0. The van der Waals surface area contributed by atoms with Crippen molar-refractivity contribution < 1.29 is 22.7 Å². The molecule has 0 atom stereocenters. The topological polar surface area (TPSA) is 92.5 Å². The highest BCUT2D eigenvalue weighted by molar-refractivity contribution is 6.29. The lowest BCUT2D eigenvalue weighted by Gasteiger charge is -2.28. The lowest BCUT2D eigenvalue weighted by molar-refractivity contribution is 0.204. The highest BCUT2D eigenvalue weighted by Crippen LogP contribution is 2.37. The highest BCUT2D eigenvalue weighted by atomic mass is 35.5. The number of urea groups is 1. The monoisotopic (exact) mass is 423 g/mol. The Kier molecular flexibility index (Phi) is 5.20. The lowest BCUT2D eigenvalue weighted by Crippen LogP contribution is -2.48. The molecule has 0 unspecified atom stereocenters. The Hall–Kier alpha value is -2.98. The Morgan fingerprint density at radius 3 is 2.76 bits per heavy atom. The van der Waals surface area contributed by atoms with Gasteiger partial charge >= 0.3 is 6.03 Å². The van der Waals surface area contributed by atoms with Gasteiger partial charge in [0, 0.05) is 38.3 Å². The molecular formula is C18H16ClF2N5O3. The van der Waals surface area contributed by atoms with Gasteiger partial charge in [0.2, 0.25) is 11.6 Å². The van der Waals surface area contributed by atoms with Crippen molar-refractivity contribution in [1.82, 2.24) is 20.2 Å². The van der Waals surface area contributed by atoms with Gasteiger partial charge in [0.05, 0.1) is 18.4 Å². The quantitative estimate of drug-likeness (QED) is 0.671. The van der Waals surface area contributed by atoms with E-state index in [1.807, 2.05) is 0 Å². The fraction of sp³-hybridized carbons (Fsp3) is 0.278. The Labute approximate surface area is 168 Å². The number of rotatable bonds is 3. The number of carbonyl (C=O) groups excluding carboxylic acids is 1. The fourth-order valence-corrected chi connectivity index (χ4v) is 3.27. The maximum absolute atomic E-state index is 14.8.